The molecule has 2 nitrogen and oxygen atoms in total. The molecule has 2 aromatic rings. The van der Waals surface area contributed by atoms with Crippen molar-refractivity contribution in [1.29, 1.82) is 0 Å². The van der Waals surface area contributed by atoms with E-state index in [1.165, 1.54) is 0 Å². The lowest BCUT2D eigenvalue weighted by Gasteiger charge is -2.41. The number of fused-ring (bicyclic) bond motifs is 1. The van der Waals surface area contributed by atoms with E-state index in [4.69, 9.17) is 5.11 Å². The van der Waals surface area contributed by atoms with Gasteiger partial charge in [0.25, 0.3) is 0 Å². The van der Waals surface area contributed by atoms with Gasteiger partial charge in [0.15, 0.2) is 0 Å². The molecule has 0 heterocycles. The number of carboxylic acids is 1. The second-order valence-corrected chi connectivity index (χ2v) is 6.96. The van der Waals surface area contributed by atoms with Crippen LogP contribution >= 0.6 is 0 Å². The summed E-state index contributed by atoms with van der Waals surface area (Å²) in [4.78, 5) is 11.4. The van der Waals surface area contributed by atoms with Crippen LogP contribution in [0.25, 0.3) is 10.8 Å². The fourth-order valence-corrected chi connectivity index (χ4v) is 2.90. The molecular formula is C18H7F15O2. The number of hydrogen-bond donors (Lipinski definition) is 1. The van der Waals surface area contributed by atoms with Gasteiger partial charge in [-0.15, -0.1) is 0 Å². The van der Waals surface area contributed by atoms with Gasteiger partial charge >= 0.3 is 47.7 Å². The van der Waals surface area contributed by atoms with Crippen molar-refractivity contribution in [2.45, 2.75) is 41.7 Å². The molecule has 0 radical (unpaired) electrons. The number of benzene rings is 2. The molecule has 1 N–H and O–H groups in total. The van der Waals surface area contributed by atoms with Crippen molar-refractivity contribution in [2.75, 3.05) is 0 Å². The van der Waals surface area contributed by atoms with E-state index in [9.17, 15) is 70.7 Å². The topological polar surface area (TPSA) is 37.3 Å². The molecule has 0 saturated heterocycles. The maximum atomic E-state index is 14.5. The first-order valence-corrected chi connectivity index (χ1v) is 8.50. The Bertz CT molecular complexity index is 1130. The van der Waals surface area contributed by atoms with Gasteiger partial charge in [0.2, 0.25) is 0 Å². The van der Waals surface area contributed by atoms with Gasteiger partial charge in [-0.2, -0.15) is 65.9 Å². The highest BCUT2D eigenvalue weighted by atomic mass is 19.4. The second kappa shape index (κ2) is 7.81. The van der Waals surface area contributed by atoms with Crippen LogP contribution in [0.1, 0.15) is 15.9 Å². The summed E-state index contributed by atoms with van der Waals surface area (Å²) in [5.41, 5.74) is -4.53. The number of hydrogen-bond acceptors (Lipinski definition) is 1. The van der Waals surface area contributed by atoms with E-state index in [0.29, 0.717) is 12.1 Å². The second-order valence-electron chi connectivity index (χ2n) is 6.96. The maximum absolute atomic E-state index is 14.5. The number of alkyl halides is 15. The van der Waals surface area contributed by atoms with Crippen LogP contribution in [0.4, 0.5) is 65.9 Å². The van der Waals surface area contributed by atoms with Crippen LogP contribution in [0.5, 0.6) is 0 Å². The Labute approximate surface area is 182 Å². The lowest BCUT2D eigenvalue weighted by molar-refractivity contribution is -0.453. The van der Waals surface area contributed by atoms with Gasteiger partial charge in [-0.3, -0.25) is 0 Å². The first-order chi connectivity index (χ1) is 15.4. The Morgan fingerprint density at radius 3 is 1.46 bits per heavy atom. The zero-order chi connectivity index (χ0) is 27.6. The lowest BCUT2D eigenvalue weighted by atomic mass is 9.86. The fourth-order valence-electron chi connectivity index (χ4n) is 2.90. The molecule has 35 heavy (non-hydrogen) atoms. The van der Waals surface area contributed by atoms with Crippen molar-refractivity contribution in [2.24, 2.45) is 0 Å². The largest absolute Gasteiger partial charge is 0.478 e. The van der Waals surface area contributed by atoms with E-state index < -0.39 is 64.2 Å². The minimum absolute atomic E-state index is 0.267. The summed E-state index contributed by atoms with van der Waals surface area (Å²) in [6.07, 6.45) is -7.71. The quantitative estimate of drug-likeness (QED) is 0.373. The Morgan fingerprint density at radius 1 is 0.571 bits per heavy atom. The molecule has 2 aromatic carbocycles. The van der Waals surface area contributed by atoms with Gasteiger partial charge in [-0.05, 0) is 10.8 Å². The molecule has 17 heteroatoms. The van der Waals surface area contributed by atoms with Crippen molar-refractivity contribution in [3.8, 4) is 0 Å². The molecule has 0 spiro atoms. The maximum Gasteiger partial charge on any atom is 0.460 e. The van der Waals surface area contributed by atoms with Gasteiger partial charge < -0.3 is 5.11 Å². The van der Waals surface area contributed by atoms with Gasteiger partial charge in [-0.1, -0.05) is 36.4 Å². The van der Waals surface area contributed by atoms with Crippen LogP contribution in [-0.4, -0.2) is 46.9 Å². The van der Waals surface area contributed by atoms with Crippen molar-refractivity contribution in [1.82, 2.24) is 0 Å². The van der Waals surface area contributed by atoms with Crippen LogP contribution in [0.3, 0.4) is 0 Å². The molecule has 196 valence electrons. The molecule has 0 unspecified atom stereocenters. The third-order valence-electron chi connectivity index (χ3n) is 4.81. The number of carboxylic acid groups (broad SMARTS) is 1. The summed E-state index contributed by atoms with van der Waals surface area (Å²) >= 11 is 0. The van der Waals surface area contributed by atoms with Crippen LogP contribution in [0, 0.1) is 0 Å². The highest BCUT2D eigenvalue weighted by Crippen LogP contribution is 2.64. The van der Waals surface area contributed by atoms with Gasteiger partial charge in [-0.25, -0.2) is 4.79 Å². The predicted octanol–water partition coefficient (Wildman–Crippen LogP) is 7.37. The summed E-state index contributed by atoms with van der Waals surface area (Å²) in [5, 5.41) is 7.98. The number of halogens is 15. The van der Waals surface area contributed by atoms with E-state index in [1.54, 1.807) is 0 Å². The lowest BCUT2D eigenvalue weighted by Crippen LogP contribution is -2.72. The summed E-state index contributed by atoms with van der Waals surface area (Å²) in [5.74, 6) is -50.4. The van der Waals surface area contributed by atoms with E-state index in [-0.39, 0.29) is 11.5 Å². The Morgan fingerprint density at radius 2 is 1.00 bits per heavy atom. The van der Waals surface area contributed by atoms with Crippen molar-refractivity contribution < 1.29 is 75.8 Å². The molecule has 2 rings (SSSR count). The smallest absolute Gasteiger partial charge is 0.460 e. The highest BCUT2D eigenvalue weighted by Gasteiger charge is 2.93. The number of rotatable bonds is 7. The zero-order valence-corrected chi connectivity index (χ0v) is 16.0. The van der Waals surface area contributed by atoms with E-state index in [0.717, 1.165) is 18.2 Å². The van der Waals surface area contributed by atoms with E-state index in [2.05, 4.69) is 0 Å². The van der Waals surface area contributed by atoms with E-state index in [1.807, 2.05) is 0 Å². The molecule has 0 fully saturated rings. The minimum Gasteiger partial charge on any atom is -0.478 e. The molecule has 0 aromatic heterocycles. The van der Waals surface area contributed by atoms with Crippen molar-refractivity contribution in [3.63, 3.8) is 0 Å². The Balaban J connectivity index is 2.81. The summed E-state index contributed by atoms with van der Waals surface area (Å²) < 4.78 is 201. The monoisotopic (exact) mass is 540 g/mol. The fraction of sp³-hybridized carbons (Fsp3) is 0.389. The summed E-state index contributed by atoms with van der Waals surface area (Å²) in [7, 11) is 0. The van der Waals surface area contributed by atoms with Crippen molar-refractivity contribution in [3.05, 3.63) is 47.5 Å². The molecule has 0 aliphatic carbocycles. The Kier molecular flexibility index (Phi) is 6.33. The molecule has 0 atom stereocenters. The normalized spacial score (nSPS) is 14.9. The van der Waals surface area contributed by atoms with Gasteiger partial charge in [0.05, 0.1) is 5.56 Å². The van der Waals surface area contributed by atoms with Crippen LogP contribution < -0.4 is 0 Å². The minimum atomic E-state index is -8.45. The number of carbonyl (C=O) groups is 1. The molecule has 0 saturated carbocycles. The molecule has 0 aliphatic heterocycles. The number of aromatic carboxylic acids is 1. The highest BCUT2D eigenvalue weighted by molar-refractivity contribution is 6.05. The summed E-state index contributed by atoms with van der Waals surface area (Å²) in [6.45, 7) is 0. The first-order valence-electron chi connectivity index (χ1n) is 8.50. The van der Waals surface area contributed by atoms with E-state index >= 15 is 0 Å². The third kappa shape index (κ3) is 3.64. The third-order valence-corrected chi connectivity index (χ3v) is 4.81. The average Bonchev–Trinajstić information content (AvgIpc) is 2.70. The van der Waals surface area contributed by atoms with Crippen molar-refractivity contribution >= 4 is 16.7 Å². The van der Waals surface area contributed by atoms with Crippen LogP contribution in [0.15, 0.2) is 36.4 Å². The average molecular weight is 540 g/mol. The van der Waals surface area contributed by atoms with Crippen LogP contribution in [0.2, 0.25) is 0 Å². The molecule has 0 bridgehead atoms. The van der Waals surface area contributed by atoms with Crippen LogP contribution in [-0.2, 0) is 5.92 Å². The van der Waals surface area contributed by atoms with Gasteiger partial charge in [0, 0.05) is 5.56 Å². The SMILES string of the molecule is O=C(O)c1c(C(F)(F)C(F)(F)C(F)(F)C(F)(F)C(F)(F)C(F)(F)C(F)(F)F)ccc2ccccc12. The molecule has 0 amide bonds. The summed E-state index contributed by atoms with van der Waals surface area (Å²) in [6, 6.07) is 3.95. The predicted molar refractivity (Wildman–Crippen MR) is 85.6 cm³/mol. The van der Waals surface area contributed by atoms with Gasteiger partial charge in [0.1, 0.15) is 0 Å². The zero-order valence-electron chi connectivity index (χ0n) is 16.0. The Hall–Kier alpha value is -2.88. The molecule has 0 aliphatic rings. The standard InChI is InChI=1S/C18H7F15O2/c19-12(20,9-6-5-7-3-1-2-4-8(7)10(9)11(34)35)13(21,22)14(23,24)15(25,26)16(27,28)17(29,30)18(31,32)33/h1-6H,(H,34,35). The molecular weight excluding hydrogens is 533 g/mol. The first kappa shape index (κ1) is 28.4.